The number of ether oxygens (including phenoxy) is 2. The number of carbonyl (C=O) groups excluding carboxylic acids is 1. The summed E-state index contributed by atoms with van der Waals surface area (Å²) in [6.07, 6.45) is 1.41. The van der Waals surface area contributed by atoms with Crippen LogP contribution in [0.1, 0.15) is 18.4 Å². The molecule has 0 bridgehead atoms. The molecule has 3 rings (SSSR count). The van der Waals surface area contributed by atoms with Gasteiger partial charge in [0, 0.05) is 25.9 Å². The van der Waals surface area contributed by atoms with E-state index in [0.29, 0.717) is 39.1 Å². The molecule has 0 aliphatic carbocycles. The predicted molar refractivity (Wildman–Crippen MR) is 84.0 cm³/mol. The summed E-state index contributed by atoms with van der Waals surface area (Å²) in [5.74, 6) is 0.881. The fraction of sp³-hybridized carbons (Fsp3) is 0.588. The van der Waals surface area contributed by atoms with E-state index in [1.54, 1.807) is 0 Å². The van der Waals surface area contributed by atoms with E-state index in [4.69, 9.17) is 9.47 Å². The second-order valence-electron chi connectivity index (χ2n) is 6.06. The fourth-order valence-corrected chi connectivity index (χ4v) is 3.08. The summed E-state index contributed by atoms with van der Waals surface area (Å²) >= 11 is 0. The van der Waals surface area contributed by atoms with Crippen molar-refractivity contribution in [2.45, 2.75) is 25.4 Å². The Morgan fingerprint density at radius 3 is 2.45 bits per heavy atom. The normalized spacial score (nSPS) is 21.4. The lowest BCUT2D eigenvalue weighted by Crippen LogP contribution is -2.59. The first kappa shape index (κ1) is 15.3. The average Bonchev–Trinajstić information content (AvgIpc) is 2.58. The molecule has 120 valence electrons. The first-order valence-electron chi connectivity index (χ1n) is 8.03. The zero-order valence-electron chi connectivity index (χ0n) is 13.1. The molecule has 2 aliphatic heterocycles. The van der Waals surface area contributed by atoms with Crippen LogP contribution in [0.5, 0.6) is 5.75 Å². The van der Waals surface area contributed by atoms with Crippen LogP contribution < -0.4 is 10.1 Å². The highest BCUT2D eigenvalue weighted by Crippen LogP contribution is 2.29. The Bertz CT molecular complexity index is 503. The molecule has 22 heavy (non-hydrogen) atoms. The first-order valence-corrected chi connectivity index (χ1v) is 8.03. The standard InChI is InChI=1S/C17H24N2O3/c1-14-2-4-15(5-3-14)22-17(6-8-18-9-7-17)16(20)19-10-12-21-13-11-19/h2-5,18H,6-13H2,1H3. The Hall–Kier alpha value is -1.59. The zero-order chi connectivity index (χ0) is 15.4. The minimum atomic E-state index is -0.738. The van der Waals surface area contributed by atoms with Gasteiger partial charge in [-0.1, -0.05) is 17.7 Å². The van der Waals surface area contributed by atoms with Crippen LogP contribution in [0.2, 0.25) is 0 Å². The molecule has 5 nitrogen and oxygen atoms in total. The number of nitrogens with one attached hydrogen (secondary N) is 1. The van der Waals surface area contributed by atoms with E-state index in [1.807, 2.05) is 36.1 Å². The molecule has 2 saturated heterocycles. The molecular weight excluding hydrogens is 280 g/mol. The van der Waals surface area contributed by atoms with Gasteiger partial charge in [0.25, 0.3) is 5.91 Å². The summed E-state index contributed by atoms with van der Waals surface area (Å²) in [6, 6.07) is 7.93. The van der Waals surface area contributed by atoms with Gasteiger partial charge in [-0.05, 0) is 32.1 Å². The highest BCUT2D eigenvalue weighted by atomic mass is 16.5. The number of hydrogen-bond donors (Lipinski definition) is 1. The monoisotopic (exact) mass is 304 g/mol. The van der Waals surface area contributed by atoms with Gasteiger partial charge >= 0.3 is 0 Å². The molecule has 0 aromatic heterocycles. The summed E-state index contributed by atoms with van der Waals surface area (Å²) in [4.78, 5) is 15.0. The predicted octanol–water partition coefficient (Wildman–Crippen LogP) is 1.35. The van der Waals surface area contributed by atoms with Crippen molar-refractivity contribution >= 4 is 5.91 Å². The van der Waals surface area contributed by atoms with Gasteiger partial charge < -0.3 is 19.7 Å². The van der Waals surface area contributed by atoms with Crippen LogP contribution in [0.15, 0.2) is 24.3 Å². The molecule has 1 amide bonds. The van der Waals surface area contributed by atoms with Crippen LogP contribution in [0, 0.1) is 6.92 Å². The van der Waals surface area contributed by atoms with E-state index in [0.717, 1.165) is 18.8 Å². The molecule has 1 aromatic rings. The van der Waals surface area contributed by atoms with Crippen molar-refractivity contribution in [2.75, 3.05) is 39.4 Å². The number of aryl methyl sites for hydroxylation is 1. The molecule has 0 saturated carbocycles. The minimum absolute atomic E-state index is 0.109. The van der Waals surface area contributed by atoms with E-state index < -0.39 is 5.60 Å². The Balaban J connectivity index is 1.80. The van der Waals surface area contributed by atoms with E-state index in [-0.39, 0.29) is 5.91 Å². The Morgan fingerprint density at radius 2 is 1.82 bits per heavy atom. The highest BCUT2D eigenvalue weighted by Gasteiger charge is 2.44. The third-order valence-electron chi connectivity index (χ3n) is 4.43. The maximum Gasteiger partial charge on any atom is 0.267 e. The number of piperidine rings is 1. The highest BCUT2D eigenvalue weighted by molar-refractivity contribution is 5.86. The van der Waals surface area contributed by atoms with Gasteiger partial charge in [-0.15, -0.1) is 0 Å². The summed E-state index contributed by atoms with van der Waals surface area (Å²) in [7, 11) is 0. The van der Waals surface area contributed by atoms with Gasteiger partial charge in [0.2, 0.25) is 0 Å². The smallest absolute Gasteiger partial charge is 0.267 e. The third-order valence-corrected chi connectivity index (χ3v) is 4.43. The van der Waals surface area contributed by atoms with Gasteiger partial charge in [-0.3, -0.25) is 4.79 Å². The van der Waals surface area contributed by atoms with Crippen molar-refractivity contribution in [1.82, 2.24) is 10.2 Å². The molecule has 5 heteroatoms. The largest absolute Gasteiger partial charge is 0.477 e. The van der Waals surface area contributed by atoms with Crippen LogP contribution in [0.25, 0.3) is 0 Å². The minimum Gasteiger partial charge on any atom is -0.477 e. The number of rotatable bonds is 3. The summed E-state index contributed by atoms with van der Waals surface area (Å²) in [6.45, 7) is 6.21. The number of amides is 1. The number of carbonyl (C=O) groups is 1. The Kier molecular flexibility index (Phi) is 4.64. The third kappa shape index (κ3) is 3.25. The Morgan fingerprint density at radius 1 is 1.18 bits per heavy atom. The van der Waals surface area contributed by atoms with Crippen LogP contribution in [-0.4, -0.2) is 55.8 Å². The van der Waals surface area contributed by atoms with E-state index in [9.17, 15) is 4.79 Å². The van der Waals surface area contributed by atoms with Crippen LogP contribution in [0.3, 0.4) is 0 Å². The molecule has 0 atom stereocenters. The van der Waals surface area contributed by atoms with Crippen molar-refractivity contribution in [2.24, 2.45) is 0 Å². The summed E-state index contributed by atoms with van der Waals surface area (Å²) in [5.41, 5.74) is 0.448. The maximum absolute atomic E-state index is 13.1. The Labute approximate surface area is 131 Å². The van der Waals surface area contributed by atoms with E-state index in [2.05, 4.69) is 5.32 Å². The average molecular weight is 304 g/mol. The van der Waals surface area contributed by atoms with Crippen LogP contribution in [0.4, 0.5) is 0 Å². The van der Waals surface area contributed by atoms with E-state index in [1.165, 1.54) is 5.56 Å². The lowest BCUT2D eigenvalue weighted by atomic mass is 9.90. The van der Waals surface area contributed by atoms with Crippen LogP contribution >= 0.6 is 0 Å². The first-order chi connectivity index (χ1) is 10.7. The molecule has 2 heterocycles. The van der Waals surface area contributed by atoms with E-state index >= 15 is 0 Å². The number of benzene rings is 1. The fourth-order valence-electron chi connectivity index (χ4n) is 3.08. The van der Waals surface area contributed by atoms with Crippen molar-refractivity contribution in [3.05, 3.63) is 29.8 Å². The molecule has 0 unspecified atom stereocenters. The number of hydrogen-bond acceptors (Lipinski definition) is 4. The van der Waals surface area contributed by atoms with Crippen molar-refractivity contribution in [1.29, 1.82) is 0 Å². The van der Waals surface area contributed by atoms with Crippen molar-refractivity contribution in [3.8, 4) is 5.75 Å². The SMILES string of the molecule is Cc1ccc(OC2(C(=O)N3CCOCC3)CCNCC2)cc1. The second-order valence-corrected chi connectivity index (χ2v) is 6.06. The maximum atomic E-state index is 13.1. The van der Waals surface area contributed by atoms with Gasteiger partial charge in [0.05, 0.1) is 13.2 Å². The van der Waals surface area contributed by atoms with Crippen molar-refractivity contribution in [3.63, 3.8) is 0 Å². The molecule has 0 radical (unpaired) electrons. The molecule has 1 N–H and O–H groups in total. The molecular formula is C17H24N2O3. The molecule has 0 spiro atoms. The lowest BCUT2D eigenvalue weighted by Gasteiger charge is -2.41. The second kappa shape index (κ2) is 6.67. The topological polar surface area (TPSA) is 50.8 Å². The quantitative estimate of drug-likeness (QED) is 0.916. The van der Waals surface area contributed by atoms with Gasteiger partial charge in [0.1, 0.15) is 5.75 Å². The molecule has 2 aliphatic rings. The van der Waals surface area contributed by atoms with Crippen LogP contribution in [-0.2, 0) is 9.53 Å². The summed E-state index contributed by atoms with van der Waals surface area (Å²) in [5, 5.41) is 3.32. The van der Waals surface area contributed by atoms with Gasteiger partial charge in [-0.25, -0.2) is 0 Å². The number of nitrogens with zero attached hydrogens (tertiary/aromatic N) is 1. The molecule has 2 fully saturated rings. The van der Waals surface area contributed by atoms with Crippen molar-refractivity contribution < 1.29 is 14.3 Å². The number of morpholine rings is 1. The van der Waals surface area contributed by atoms with Gasteiger partial charge in [-0.2, -0.15) is 0 Å². The summed E-state index contributed by atoms with van der Waals surface area (Å²) < 4.78 is 11.6. The van der Waals surface area contributed by atoms with Gasteiger partial charge in [0.15, 0.2) is 5.60 Å². The molecule has 1 aromatic carbocycles. The lowest BCUT2D eigenvalue weighted by molar-refractivity contribution is -0.154. The zero-order valence-corrected chi connectivity index (χ0v) is 13.1.